The first-order valence-electron chi connectivity index (χ1n) is 18.5. The molecule has 0 unspecified atom stereocenters. The zero-order chi connectivity index (χ0) is 36.6. The Morgan fingerprint density at radius 2 is 1.50 bits per heavy atom. The van der Waals surface area contributed by atoms with Crippen LogP contribution in [0.5, 0.6) is 23.1 Å². The number of benzene rings is 4. The number of hydrogen-bond donors (Lipinski definition) is 0. The Morgan fingerprint density at radius 3 is 2.17 bits per heavy atom. The number of carbonyl (C=O) groups excluding carboxylic acids is 1. The van der Waals surface area contributed by atoms with Crippen molar-refractivity contribution in [2.45, 2.75) is 52.2 Å². The molecule has 7 rings (SSSR count). The monoisotopic (exact) mass is 763 g/mol. The lowest BCUT2D eigenvalue weighted by Gasteiger charge is -2.34. The molecule has 0 bridgehead atoms. The Bertz CT molecular complexity index is 1980. The van der Waals surface area contributed by atoms with Crippen LogP contribution < -0.4 is 14.2 Å². The molecule has 7 nitrogen and oxygen atoms in total. The summed E-state index contributed by atoms with van der Waals surface area (Å²) in [5.41, 5.74) is 7.96. The van der Waals surface area contributed by atoms with Crippen molar-refractivity contribution in [3.8, 4) is 23.1 Å². The fraction of sp³-hybridized carbons (Fsp3) is 0.289. The predicted octanol–water partition coefficient (Wildman–Crippen LogP) is 10.0. The minimum atomic E-state index is -0.00179. The largest absolute Gasteiger partial charge is 0.493 e. The number of aromatic nitrogens is 1. The number of pyridine rings is 1. The van der Waals surface area contributed by atoms with Gasteiger partial charge in [-0.2, -0.15) is 0 Å². The molecule has 1 saturated carbocycles. The molecule has 1 aliphatic heterocycles. The molecule has 0 radical (unpaired) electrons. The molecule has 1 aliphatic carbocycles. The highest BCUT2D eigenvalue weighted by molar-refractivity contribution is 6.32. The number of hydrogen-bond acceptors (Lipinski definition) is 6. The Morgan fingerprint density at radius 1 is 0.815 bits per heavy atom. The number of nitrogens with zero attached hydrogens (tertiary/aromatic N) is 3. The quantitative estimate of drug-likeness (QED) is 0.105. The highest BCUT2D eigenvalue weighted by Crippen LogP contribution is 2.40. The van der Waals surface area contributed by atoms with E-state index >= 15 is 0 Å². The van der Waals surface area contributed by atoms with E-state index in [9.17, 15) is 4.79 Å². The molecule has 54 heavy (non-hydrogen) atoms. The van der Waals surface area contributed by atoms with Crippen LogP contribution in [-0.2, 0) is 24.4 Å². The van der Waals surface area contributed by atoms with Gasteiger partial charge in [0.15, 0.2) is 5.75 Å². The first kappa shape index (κ1) is 38.9. The fourth-order valence-electron chi connectivity index (χ4n) is 6.46. The molecule has 5 aromatic rings. The number of rotatable bonds is 14. The van der Waals surface area contributed by atoms with Crippen LogP contribution in [-0.4, -0.2) is 53.5 Å². The molecule has 1 amide bonds. The number of ether oxygens (including phenoxy) is 3. The summed E-state index contributed by atoms with van der Waals surface area (Å²) in [4.78, 5) is 21.8. The highest BCUT2D eigenvalue weighted by atomic mass is 35.5. The third-order valence-electron chi connectivity index (χ3n) is 9.81. The molecule has 280 valence electrons. The van der Waals surface area contributed by atoms with Gasteiger partial charge >= 0.3 is 0 Å². The van der Waals surface area contributed by atoms with Gasteiger partial charge in [0.1, 0.15) is 18.1 Å². The van der Waals surface area contributed by atoms with E-state index < -0.39 is 0 Å². The summed E-state index contributed by atoms with van der Waals surface area (Å²) in [7, 11) is 0. The van der Waals surface area contributed by atoms with E-state index in [4.69, 9.17) is 25.8 Å². The second-order valence-electron chi connectivity index (χ2n) is 14.1. The van der Waals surface area contributed by atoms with Gasteiger partial charge in [0.25, 0.3) is 0 Å². The Hall–Kier alpha value is -4.82. The van der Waals surface area contributed by atoms with Gasteiger partial charge in [0.05, 0.1) is 17.8 Å². The van der Waals surface area contributed by atoms with Crippen LogP contribution in [0.2, 0.25) is 5.02 Å². The van der Waals surface area contributed by atoms with E-state index in [2.05, 4.69) is 89.6 Å². The van der Waals surface area contributed by atoms with Crippen molar-refractivity contribution in [3.63, 3.8) is 0 Å². The number of piperazine rings is 1. The van der Waals surface area contributed by atoms with Gasteiger partial charge in [-0.3, -0.25) is 9.69 Å². The van der Waals surface area contributed by atoms with Gasteiger partial charge < -0.3 is 19.1 Å². The average molecular weight is 765 g/mol. The second kappa shape index (κ2) is 18.5. The van der Waals surface area contributed by atoms with Gasteiger partial charge in [-0.15, -0.1) is 12.4 Å². The van der Waals surface area contributed by atoms with Gasteiger partial charge in [0.2, 0.25) is 11.8 Å². The highest BCUT2D eigenvalue weighted by Gasteiger charge is 2.23. The molecular weight excluding hydrogens is 717 g/mol. The number of amides is 1. The fourth-order valence-corrected chi connectivity index (χ4v) is 6.77. The summed E-state index contributed by atoms with van der Waals surface area (Å²) < 4.78 is 17.9. The minimum absolute atomic E-state index is 0. The van der Waals surface area contributed by atoms with E-state index in [-0.39, 0.29) is 18.3 Å². The topological polar surface area (TPSA) is 64.1 Å². The van der Waals surface area contributed by atoms with E-state index in [0.717, 1.165) is 54.4 Å². The third kappa shape index (κ3) is 10.9. The summed E-state index contributed by atoms with van der Waals surface area (Å²) in [6, 6.07) is 33.0. The van der Waals surface area contributed by atoms with E-state index in [0.29, 0.717) is 48.7 Å². The third-order valence-corrected chi connectivity index (χ3v) is 10.1. The van der Waals surface area contributed by atoms with Crippen molar-refractivity contribution in [1.82, 2.24) is 14.8 Å². The molecule has 2 fully saturated rings. The standard InChI is InChI=1S/C45H46ClN3O4.ClH/c1-32-3-5-36(6-4-32)31-52-41-18-19-43(47-29-41)53-45-33(2)27-37(28-42(45)46)11-20-44(50)49-24-22-48(23-25-49)30-35-9-7-34(8-10-35)21-26-51-40-16-14-39(15-17-40)38-12-13-38;/h3-11,14-20,27-29,38H,12-13,21-26,30-31H2,1-2H3;1H. The maximum absolute atomic E-state index is 13.1. The summed E-state index contributed by atoms with van der Waals surface area (Å²) in [5.74, 6) is 3.30. The van der Waals surface area contributed by atoms with Crippen LogP contribution in [0.15, 0.2) is 109 Å². The molecule has 4 aromatic carbocycles. The maximum atomic E-state index is 13.1. The molecular formula is C45H47Cl2N3O4. The van der Waals surface area contributed by atoms with Gasteiger partial charge in [0, 0.05) is 51.3 Å². The van der Waals surface area contributed by atoms with Crippen LogP contribution in [0.25, 0.3) is 6.08 Å². The minimum Gasteiger partial charge on any atom is -0.493 e. The zero-order valence-corrected chi connectivity index (χ0v) is 32.5. The van der Waals surface area contributed by atoms with E-state index in [1.807, 2.05) is 30.0 Å². The molecule has 1 aromatic heterocycles. The first-order valence-corrected chi connectivity index (χ1v) is 18.8. The van der Waals surface area contributed by atoms with Gasteiger partial charge in [-0.25, -0.2) is 4.98 Å². The number of aryl methyl sites for hydroxylation is 2. The average Bonchev–Trinajstić information content (AvgIpc) is 4.03. The number of carbonyl (C=O) groups is 1. The summed E-state index contributed by atoms with van der Waals surface area (Å²) in [6.07, 6.45) is 8.59. The Labute approximate surface area is 329 Å². The SMILES string of the molecule is Cc1ccc(COc2ccc(Oc3c(C)cc(C=CC(=O)N4CCN(Cc5ccc(CCOc6ccc(C7CC7)cc6)cc5)CC4)cc3Cl)nc2)cc1.Cl. The molecule has 0 spiro atoms. The van der Waals surface area contributed by atoms with Gasteiger partial charge in [-0.1, -0.05) is 77.8 Å². The molecule has 2 aliphatic rings. The lowest BCUT2D eigenvalue weighted by molar-refractivity contribution is -0.127. The van der Waals surface area contributed by atoms with Crippen molar-refractivity contribution >= 4 is 36.0 Å². The molecule has 9 heteroatoms. The summed E-state index contributed by atoms with van der Waals surface area (Å²) in [6.45, 7) is 9.03. The van der Waals surface area contributed by atoms with Crippen LogP contribution in [0, 0.1) is 13.8 Å². The van der Waals surface area contributed by atoms with Crippen molar-refractivity contribution in [3.05, 3.63) is 153 Å². The van der Waals surface area contributed by atoms with Crippen LogP contribution in [0.1, 0.15) is 57.7 Å². The van der Waals surface area contributed by atoms with Crippen molar-refractivity contribution < 1.29 is 19.0 Å². The smallest absolute Gasteiger partial charge is 0.246 e. The zero-order valence-electron chi connectivity index (χ0n) is 30.9. The van der Waals surface area contributed by atoms with E-state index in [1.54, 1.807) is 24.4 Å². The molecule has 0 atom stereocenters. The second-order valence-corrected chi connectivity index (χ2v) is 14.5. The normalized spacial score (nSPS) is 14.5. The van der Waals surface area contributed by atoms with Crippen LogP contribution in [0.4, 0.5) is 0 Å². The maximum Gasteiger partial charge on any atom is 0.246 e. The molecule has 1 saturated heterocycles. The van der Waals surface area contributed by atoms with E-state index in [1.165, 1.54) is 35.1 Å². The lowest BCUT2D eigenvalue weighted by atomic mass is 10.1. The lowest BCUT2D eigenvalue weighted by Crippen LogP contribution is -2.47. The van der Waals surface area contributed by atoms with Crippen molar-refractivity contribution in [1.29, 1.82) is 0 Å². The predicted molar refractivity (Wildman–Crippen MR) is 218 cm³/mol. The van der Waals surface area contributed by atoms with Crippen molar-refractivity contribution in [2.75, 3.05) is 32.8 Å². The molecule has 0 N–H and O–H groups in total. The van der Waals surface area contributed by atoms with Gasteiger partial charge in [-0.05, 0) is 102 Å². The molecule has 2 heterocycles. The number of halogens is 2. The first-order chi connectivity index (χ1) is 25.8. The van der Waals surface area contributed by atoms with Crippen molar-refractivity contribution in [2.24, 2.45) is 0 Å². The summed E-state index contributed by atoms with van der Waals surface area (Å²) >= 11 is 6.64. The summed E-state index contributed by atoms with van der Waals surface area (Å²) in [5, 5.41) is 0.447. The van der Waals surface area contributed by atoms with Crippen LogP contribution in [0.3, 0.4) is 0 Å². The Balaban J connectivity index is 0.00000497. The Kier molecular flexibility index (Phi) is 13.3. The van der Waals surface area contributed by atoms with Crippen LogP contribution >= 0.6 is 24.0 Å².